The van der Waals surface area contributed by atoms with Crippen molar-refractivity contribution in [3.05, 3.63) is 157 Å². The molecule has 1 heterocycles. The number of fused-ring (bicyclic) bond motifs is 7. The lowest BCUT2D eigenvalue weighted by atomic mass is 9.86. The Labute approximate surface area is 269 Å². The molecule has 3 nitrogen and oxygen atoms in total. The smallest absolute Gasteiger partial charge is 0.514 e. The molecule has 218 valence electrons. The molecule has 0 fully saturated rings. The highest BCUT2D eigenvalue weighted by Gasteiger charge is 2.34. The summed E-state index contributed by atoms with van der Waals surface area (Å²) in [5.41, 5.74) is 7.23. The molecule has 0 saturated carbocycles. The van der Waals surface area contributed by atoms with Gasteiger partial charge in [0, 0.05) is 22.3 Å². The first-order chi connectivity index (χ1) is 22.8. The van der Waals surface area contributed by atoms with E-state index in [9.17, 15) is 0 Å². The summed E-state index contributed by atoms with van der Waals surface area (Å²) in [6, 6.07) is 52.3. The Bertz CT molecular complexity index is 2110. The van der Waals surface area contributed by atoms with E-state index in [-0.39, 0.29) is 6.61 Å². The molecule has 0 aliphatic carbocycles. The summed E-state index contributed by atoms with van der Waals surface area (Å²) in [5.74, 6) is 7.96. The lowest BCUT2D eigenvalue weighted by Gasteiger charge is -2.19. The summed E-state index contributed by atoms with van der Waals surface area (Å²) in [7, 11) is -0.868. The van der Waals surface area contributed by atoms with Crippen LogP contribution < -0.4 is 9.31 Å². The summed E-state index contributed by atoms with van der Waals surface area (Å²) in [5, 5.41) is 4.44. The monoisotopic (exact) mass is 592 g/mol. The maximum atomic E-state index is 6.89. The molecule has 0 aromatic heterocycles. The van der Waals surface area contributed by atoms with E-state index in [4.69, 9.17) is 14.0 Å². The Balaban J connectivity index is 1.36. The van der Waals surface area contributed by atoms with E-state index in [0.29, 0.717) is 6.61 Å². The molecule has 0 unspecified atom stereocenters. The van der Waals surface area contributed by atoms with Crippen LogP contribution in [0.3, 0.4) is 0 Å². The Kier molecular flexibility index (Phi) is 7.44. The molecule has 0 radical (unpaired) electrons. The number of benzene rings is 7. The highest BCUT2D eigenvalue weighted by molar-refractivity contribution is 6.57. The Morgan fingerprint density at radius 2 is 0.978 bits per heavy atom. The minimum atomic E-state index is -0.868. The molecule has 8 rings (SSSR count). The maximum absolute atomic E-state index is 6.89. The van der Waals surface area contributed by atoms with Crippen LogP contribution in [0.15, 0.2) is 152 Å². The number of ether oxygens (including phenoxy) is 1. The van der Waals surface area contributed by atoms with Crippen LogP contribution in [-0.2, 0) is 11.3 Å². The van der Waals surface area contributed by atoms with Crippen molar-refractivity contribution < 1.29 is 14.0 Å². The van der Waals surface area contributed by atoms with Gasteiger partial charge in [-0.05, 0) is 56.2 Å². The zero-order valence-corrected chi connectivity index (χ0v) is 25.2. The second-order valence-electron chi connectivity index (χ2n) is 11.3. The van der Waals surface area contributed by atoms with Gasteiger partial charge in [0.2, 0.25) is 0 Å². The molecule has 7 aromatic rings. The van der Waals surface area contributed by atoms with E-state index < -0.39 is 7.12 Å². The Morgan fingerprint density at radius 1 is 0.522 bits per heavy atom. The highest BCUT2D eigenvalue weighted by Crippen LogP contribution is 2.53. The minimum absolute atomic E-state index is 0.254. The zero-order chi connectivity index (χ0) is 30.7. The largest absolute Gasteiger partial charge is 0.690 e. The van der Waals surface area contributed by atoms with Gasteiger partial charge in [0.05, 0.1) is 6.61 Å². The molecule has 0 N–H and O–H groups in total. The van der Waals surface area contributed by atoms with Gasteiger partial charge in [-0.25, -0.2) is 0 Å². The SMILES string of the molecule is C(#CB1Oc2c(-c3ccccc3)cc3ccccc3c2-c2c(c(-c3ccccc3)cc3ccccc23)O1)COCc1ccccc1. The van der Waals surface area contributed by atoms with Crippen LogP contribution in [0.1, 0.15) is 5.56 Å². The van der Waals surface area contributed by atoms with Gasteiger partial charge in [0.15, 0.2) is 0 Å². The van der Waals surface area contributed by atoms with Crippen LogP contribution >= 0.6 is 0 Å². The van der Waals surface area contributed by atoms with Crippen molar-refractivity contribution in [1.29, 1.82) is 0 Å². The summed E-state index contributed by atoms with van der Waals surface area (Å²) in [6.45, 7) is 0.742. The van der Waals surface area contributed by atoms with Crippen molar-refractivity contribution in [2.75, 3.05) is 6.61 Å². The number of hydrogen-bond acceptors (Lipinski definition) is 3. The second kappa shape index (κ2) is 12.3. The van der Waals surface area contributed by atoms with Gasteiger partial charge in [-0.15, -0.1) is 0 Å². The van der Waals surface area contributed by atoms with E-state index >= 15 is 0 Å². The van der Waals surface area contributed by atoms with E-state index in [2.05, 4.69) is 121 Å². The van der Waals surface area contributed by atoms with Crippen LogP contribution in [0.2, 0.25) is 0 Å². The summed E-state index contributed by atoms with van der Waals surface area (Å²) in [6.07, 6.45) is 0. The van der Waals surface area contributed by atoms with Crippen LogP contribution in [0.25, 0.3) is 54.9 Å². The van der Waals surface area contributed by atoms with Crippen molar-refractivity contribution in [1.82, 2.24) is 0 Å². The Hall–Kier alpha value is -5.76. The zero-order valence-electron chi connectivity index (χ0n) is 25.2. The lowest BCUT2D eigenvalue weighted by Crippen LogP contribution is -2.28. The van der Waals surface area contributed by atoms with Gasteiger partial charge in [0.25, 0.3) is 0 Å². The molecule has 4 heteroatoms. The van der Waals surface area contributed by atoms with Gasteiger partial charge in [-0.1, -0.05) is 145 Å². The topological polar surface area (TPSA) is 27.7 Å². The van der Waals surface area contributed by atoms with Crippen molar-refractivity contribution >= 4 is 28.7 Å². The first-order valence-electron chi connectivity index (χ1n) is 15.5. The fraction of sp³-hybridized carbons (Fsp3) is 0.0476. The van der Waals surface area contributed by atoms with Gasteiger partial charge in [0.1, 0.15) is 18.1 Å². The summed E-state index contributed by atoms with van der Waals surface area (Å²) in [4.78, 5) is 0. The van der Waals surface area contributed by atoms with Crippen molar-refractivity contribution in [2.24, 2.45) is 0 Å². The third kappa shape index (κ3) is 5.28. The fourth-order valence-electron chi connectivity index (χ4n) is 6.28. The molecule has 0 saturated heterocycles. The molecule has 0 amide bonds. The number of rotatable bonds is 5. The summed E-state index contributed by atoms with van der Waals surface area (Å²) >= 11 is 0. The predicted molar refractivity (Wildman–Crippen MR) is 189 cm³/mol. The molecule has 0 atom stereocenters. The average molecular weight is 593 g/mol. The first-order valence-corrected chi connectivity index (χ1v) is 15.5. The van der Waals surface area contributed by atoms with Crippen LogP contribution in [0.4, 0.5) is 0 Å². The standard InChI is InChI=1S/C42H29BO3/c1-4-15-30(16-5-1)29-44-26-14-25-43-45-41-37(31-17-6-2-7-18-31)27-33-21-10-12-23-35(33)39(41)40-36-24-13-11-22-34(36)28-38(42(40)46-43)32-19-8-3-9-20-32/h1-13,15-24,27-28H,26,29H2. The minimum Gasteiger partial charge on any atom is -0.514 e. The molecule has 0 bridgehead atoms. The molecular formula is C42H29BO3. The molecule has 0 spiro atoms. The van der Waals surface area contributed by atoms with Crippen LogP contribution in [0.5, 0.6) is 11.5 Å². The van der Waals surface area contributed by atoms with Gasteiger partial charge >= 0.3 is 7.12 Å². The molecular weight excluding hydrogens is 563 g/mol. The summed E-state index contributed by atoms with van der Waals surface area (Å²) < 4.78 is 19.7. The van der Waals surface area contributed by atoms with Crippen molar-refractivity contribution in [3.63, 3.8) is 0 Å². The third-order valence-electron chi connectivity index (χ3n) is 8.38. The van der Waals surface area contributed by atoms with Crippen LogP contribution in [-0.4, -0.2) is 13.7 Å². The fourth-order valence-corrected chi connectivity index (χ4v) is 6.28. The van der Waals surface area contributed by atoms with E-state index in [0.717, 1.165) is 72.0 Å². The quantitative estimate of drug-likeness (QED) is 0.113. The third-order valence-corrected chi connectivity index (χ3v) is 8.38. The van der Waals surface area contributed by atoms with Crippen LogP contribution in [0, 0.1) is 11.7 Å². The van der Waals surface area contributed by atoms with Crippen molar-refractivity contribution in [2.45, 2.75) is 6.61 Å². The maximum Gasteiger partial charge on any atom is 0.690 e. The molecule has 7 aromatic carbocycles. The number of hydrogen-bond donors (Lipinski definition) is 0. The van der Waals surface area contributed by atoms with Gasteiger partial charge < -0.3 is 14.0 Å². The second-order valence-corrected chi connectivity index (χ2v) is 11.3. The lowest BCUT2D eigenvalue weighted by molar-refractivity contribution is 0.153. The highest BCUT2D eigenvalue weighted by atomic mass is 16.6. The van der Waals surface area contributed by atoms with E-state index in [1.165, 1.54) is 0 Å². The first kappa shape index (κ1) is 27.8. The average Bonchev–Trinajstić information content (AvgIpc) is 3.30. The molecule has 1 aliphatic heterocycles. The predicted octanol–water partition coefficient (Wildman–Crippen LogP) is 10.0. The van der Waals surface area contributed by atoms with Gasteiger partial charge in [-0.2, -0.15) is 0 Å². The van der Waals surface area contributed by atoms with E-state index in [1.807, 2.05) is 42.5 Å². The van der Waals surface area contributed by atoms with Crippen molar-refractivity contribution in [3.8, 4) is 56.6 Å². The molecule has 1 aliphatic rings. The van der Waals surface area contributed by atoms with Gasteiger partial charge in [-0.3, -0.25) is 0 Å². The normalized spacial score (nSPS) is 11.9. The Morgan fingerprint density at radius 3 is 1.50 bits per heavy atom. The molecule has 46 heavy (non-hydrogen) atoms. The van der Waals surface area contributed by atoms with E-state index in [1.54, 1.807) is 0 Å².